The van der Waals surface area contributed by atoms with Crippen molar-refractivity contribution in [1.82, 2.24) is 4.90 Å². The molecule has 2 rings (SSSR count). The van der Waals surface area contributed by atoms with Crippen molar-refractivity contribution >= 4 is 11.9 Å². The molecule has 2 N–H and O–H groups in total. The largest absolute Gasteiger partial charge is 0.479 e. The van der Waals surface area contributed by atoms with Crippen LogP contribution in [0, 0.1) is 11.8 Å². The van der Waals surface area contributed by atoms with E-state index in [0.717, 1.165) is 12.8 Å². The topological polar surface area (TPSA) is 77.8 Å². The highest BCUT2D eigenvalue weighted by Crippen LogP contribution is 2.33. The predicted molar refractivity (Wildman–Crippen MR) is 78.8 cm³/mol. The van der Waals surface area contributed by atoms with Crippen LogP contribution in [0.5, 0.6) is 0 Å². The first kappa shape index (κ1) is 16.3. The van der Waals surface area contributed by atoms with Gasteiger partial charge < -0.3 is 15.1 Å². The first-order chi connectivity index (χ1) is 9.96. The molecule has 5 nitrogen and oxygen atoms in total. The summed E-state index contributed by atoms with van der Waals surface area (Å²) in [5.41, 5.74) is -1.65. The second-order valence-electron chi connectivity index (χ2n) is 6.65. The number of hydrogen-bond acceptors (Lipinski definition) is 3. The molecule has 2 aliphatic rings. The molecule has 1 unspecified atom stereocenters. The van der Waals surface area contributed by atoms with Gasteiger partial charge in [0.2, 0.25) is 5.91 Å². The number of carbonyl (C=O) groups is 2. The van der Waals surface area contributed by atoms with Gasteiger partial charge in [-0.2, -0.15) is 0 Å². The molecule has 21 heavy (non-hydrogen) atoms. The van der Waals surface area contributed by atoms with Gasteiger partial charge in [0.25, 0.3) is 0 Å². The fourth-order valence-corrected chi connectivity index (χ4v) is 3.66. The van der Waals surface area contributed by atoms with Crippen molar-refractivity contribution in [2.75, 3.05) is 13.1 Å². The van der Waals surface area contributed by atoms with Crippen molar-refractivity contribution in [2.45, 2.75) is 63.9 Å². The van der Waals surface area contributed by atoms with Gasteiger partial charge in [0, 0.05) is 31.8 Å². The van der Waals surface area contributed by atoms with E-state index in [1.807, 2.05) is 0 Å². The average molecular weight is 297 g/mol. The molecule has 0 bridgehead atoms. The molecule has 0 spiro atoms. The van der Waals surface area contributed by atoms with Crippen molar-refractivity contribution in [3.8, 4) is 0 Å². The van der Waals surface area contributed by atoms with E-state index in [-0.39, 0.29) is 24.7 Å². The lowest BCUT2D eigenvalue weighted by atomic mass is 9.87. The standard InChI is InChI=1S/C16H27NO4/c1-2-13(11-12-5-3-4-6-12)14(18)17-9-7-16(21,8-10-17)15(19)20/h12-13,21H,2-11H2,1H3,(H,19,20). The summed E-state index contributed by atoms with van der Waals surface area (Å²) in [4.78, 5) is 25.4. The number of piperidine rings is 1. The van der Waals surface area contributed by atoms with Crippen molar-refractivity contribution in [2.24, 2.45) is 11.8 Å². The van der Waals surface area contributed by atoms with Crippen LogP contribution in [0.4, 0.5) is 0 Å². The summed E-state index contributed by atoms with van der Waals surface area (Å²) in [5, 5.41) is 19.0. The van der Waals surface area contributed by atoms with E-state index in [1.165, 1.54) is 25.7 Å². The van der Waals surface area contributed by atoms with Crippen LogP contribution < -0.4 is 0 Å². The van der Waals surface area contributed by atoms with Crippen molar-refractivity contribution in [3.05, 3.63) is 0 Å². The number of rotatable bonds is 5. The van der Waals surface area contributed by atoms with E-state index in [0.29, 0.717) is 19.0 Å². The van der Waals surface area contributed by atoms with Crippen LogP contribution in [0.3, 0.4) is 0 Å². The van der Waals surface area contributed by atoms with Gasteiger partial charge in [-0.05, 0) is 18.8 Å². The average Bonchev–Trinajstić information content (AvgIpc) is 2.97. The highest BCUT2D eigenvalue weighted by atomic mass is 16.4. The van der Waals surface area contributed by atoms with Crippen molar-refractivity contribution in [1.29, 1.82) is 0 Å². The Bertz CT molecular complexity index is 382. The molecular weight excluding hydrogens is 270 g/mol. The van der Waals surface area contributed by atoms with Gasteiger partial charge in [-0.15, -0.1) is 0 Å². The first-order valence-electron chi connectivity index (χ1n) is 8.21. The molecule has 1 atom stereocenters. The normalized spacial score (nSPS) is 24.0. The Morgan fingerprint density at radius 1 is 1.24 bits per heavy atom. The SMILES string of the molecule is CCC(CC1CCCC1)C(=O)N1CCC(O)(C(=O)O)CC1. The monoisotopic (exact) mass is 297 g/mol. The lowest BCUT2D eigenvalue weighted by molar-refractivity contribution is -0.166. The van der Waals surface area contributed by atoms with E-state index in [9.17, 15) is 14.7 Å². The van der Waals surface area contributed by atoms with Crippen LogP contribution in [0.1, 0.15) is 58.3 Å². The maximum atomic E-state index is 12.6. The second-order valence-corrected chi connectivity index (χ2v) is 6.65. The van der Waals surface area contributed by atoms with Crippen LogP contribution in [0.2, 0.25) is 0 Å². The number of amides is 1. The predicted octanol–water partition coefficient (Wildman–Crippen LogP) is 2.03. The molecule has 2 fully saturated rings. The third kappa shape index (κ3) is 3.76. The Hall–Kier alpha value is -1.10. The minimum absolute atomic E-state index is 0.0594. The zero-order chi connectivity index (χ0) is 15.5. The van der Waals surface area contributed by atoms with E-state index >= 15 is 0 Å². The molecule has 120 valence electrons. The van der Waals surface area contributed by atoms with Crippen LogP contribution in [0.15, 0.2) is 0 Å². The molecule has 1 aliphatic carbocycles. The third-order valence-corrected chi connectivity index (χ3v) is 5.24. The molecule has 1 amide bonds. The summed E-state index contributed by atoms with van der Waals surface area (Å²) in [6.45, 7) is 2.75. The summed E-state index contributed by atoms with van der Waals surface area (Å²) in [7, 11) is 0. The highest BCUT2D eigenvalue weighted by Gasteiger charge is 2.41. The van der Waals surface area contributed by atoms with Crippen molar-refractivity contribution < 1.29 is 19.8 Å². The van der Waals surface area contributed by atoms with E-state index in [1.54, 1.807) is 4.90 Å². The molecule has 0 aromatic heterocycles. The lowest BCUT2D eigenvalue weighted by Gasteiger charge is -2.37. The molecule has 0 radical (unpaired) electrons. The number of carboxylic acid groups (broad SMARTS) is 1. The van der Waals surface area contributed by atoms with Crippen LogP contribution in [-0.2, 0) is 9.59 Å². The first-order valence-corrected chi connectivity index (χ1v) is 8.21. The fourth-order valence-electron chi connectivity index (χ4n) is 3.66. The Labute approximate surface area is 126 Å². The lowest BCUT2D eigenvalue weighted by Crippen LogP contribution is -2.52. The van der Waals surface area contributed by atoms with Gasteiger partial charge in [0.1, 0.15) is 0 Å². The summed E-state index contributed by atoms with van der Waals surface area (Å²) in [6, 6.07) is 0. The number of aliphatic hydroxyl groups is 1. The van der Waals surface area contributed by atoms with Gasteiger partial charge in [-0.25, -0.2) is 4.79 Å². The maximum Gasteiger partial charge on any atom is 0.335 e. The molecule has 0 aromatic rings. The van der Waals surface area contributed by atoms with Crippen LogP contribution in [-0.4, -0.2) is 45.7 Å². The number of carboxylic acids is 1. The highest BCUT2D eigenvalue weighted by molar-refractivity contribution is 5.80. The molecule has 1 aliphatic heterocycles. The van der Waals surface area contributed by atoms with Gasteiger partial charge >= 0.3 is 5.97 Å². The Morgan fingerprint density at radius 3 is 2.29 bits per heavy atom. The molecule has 1 saturated heterocycles. The minimum Gasteiger partial charge on any atom is -0.479 e. The molecule has 1 saturated carbocycles. The number of aliphatic carboxylic acids is 1. The van der Waals surface area contributed by atoms with Gasteiger partial charge in [-0.3, -0.25) is 4.79 Å². The number of carbonyl (C=O) groups excluding carboxylic acids is 1. The van der Waals surface area contributed by atoms with Gasteiger partial charge in [0.15, 0.2) is 5.60 Å². The molecule has 1 heterocycles. The number of likely N-dealkylation sites (tertiary alicyclic amines) is 1. The minimum atomic E-state index is -1.65. The van der Waals surface area contributed by atoms with Gasteiger partial charge in [-0.1, -0.05) is 32.6 Å². The Balaban J connectivity index is 1.88. The smallest absolute Gasteiger partial charge is 0.335 e. The Morgan fingerprint density at radius 2 is 1.81 bits per heavy atom. The summed E-state index contributed by atoms with van der Waals surface area (Å²) < 4.78 is 0. The maximum absolute atomic E-state index is 12.6. The van der Waals surface area contributed by atoms with E-state index in [4.69, 9.17) is 5.11 Å². The summed E-state index contributed by atoms with van der Waals surface area (Å²) in [6.07, 6.45) is 7.12. The summed E-state index contributed by atoms with van der Waals surface area (Å²) in [5.74, 6) is -0.284. The zero-order valence-corrected chi connectivity index (χ0v) is 12.9. The number of hydrogen-bond donors (Lipinski definition) is 2. The zero-order valence-electron chi connectivity index (χ0n) is 12.9. The van der Waals surface area contributed by atoms with Gasteiger partial charge in [0.05, 0.1) is 0 Å². The molecular formula is C16H27NO4. The van der Waals surface area contributed by atoms with Crippen LogP contribution >= 0.6 is 0 Å². The third-order valence-electron chi connectivity index (χ3n) is 5.24. The quantitative estimate of drug-likeness (QED) is 0.814. The number of nitrogens with zero attached hydrogens (tertiary/aromatic N) is 1. The Kier molecular flexibility index (Phi) is 5.25. The van der Waals surface area contributed by atoms with E-state index in [2.05, 4.69) is 6.92 Å². The molecule has 5 heteroatoms. The van der Waals surface area contributed by atoms with Crippen molar-refractivity contribution in [3.63, 3.8) is 0 Å². The van der Waals surface area contributed by atoms with Crippen LogP contribution in [0.25, 0.3) is 0 Å². The second kappa shape index (κ2) is 6.77. The van der Waals surface area contributed by atoms with E-state index < -0.39 is 11.6 Å². The fraction of sp³-hybridized carbons (Fsp3) is 0.875. The molecule has 0 aromatic carbocycles. The summed E-state index contributed by atoms with van der Waals surface area (Å²) >= 11 is 0.